The van der Waals surface area contributed by atoms with Crippen LogP contribution >= 0.6 is 11.6 Å². The Hall–Kier alpha value is -2.99. The third-order valence-electron chi connectivity index (χ3n) is 4.95. The molecule has 1 aliphatic heterocycles. The van der Waals surface area contributed by atoms with Gasteiger partial charge in [-0.25, -0.2) is 0 Å². The molecule has 0 fully saturated rings. The fourth-order valence-electron chi connectivity index (χ4n) is 3.63. The maximum atomic E-state index is 12.4. The maximum Gasteiger partial charge on any atom is 0.222 e. The summed E-state index contributed by atoms with van der Waals surface area (Å²) >= 11 is 6.10. The first-order valence-corrected chi connectivity index (χ1v) is 9.99. The molecule has 29 heavy (non-hydrogen) atoms. The fraction of sp³-hybridized carbons (Fsp3) is 0.273. The van der Waals surface area contributed by atoms with Crippen molar-refractivity contribution < 1.29 is 4.79 Å². The summed E-state index contributed by atoms with van der Waals surface area (Å²) in [5.41, 5.74) is 4.83. The van der Waals surface area contributed by atoms with E-state index >= 15 is 0 Å². The highest BCUT2D eigenvalue weighted by atomic mass is 35.5. The number of benzene rings is 2. The normalized spacial score (nSPS) is 15.2. The quantitative estimate of drug-likeness (QED) is 0.711. The van der Waals surface area contributed by atoms with E-state index in [-0.39, 0.29) is 12.3 Å². The predicted octanol–water partition coefficient (Wildman–Crippen LogP) is 3.96. The van der Waals surface area contributed by atoms with E-state index in [1.165, 1.54) is 0 Å². The van der Waals surface area contributed by atoms with Crippen LogP contribution in [0.25, 0.3) is 5.69 Å². The minimum atomic E-state index is -0.443. The predicted molar refractivity (Wildman–Crippen MR) is 114 cm³/mol. The lowest BCUT2D eigenvalue weighted by molar-refractivity contribution is -0.121. The zero-order chi connectivity index (χ0) is 20.5. The van der Waals surface area contributed by atoms with Crippen molar-refractivity contribution in [3.63, 3.8) is 0 Å². The number of halogens is 1. The molecule has 1 N–H and O–H groups in total. The van der Waals surface area contributed by atoms with Gasteiger partial charge in [-0.05, 0) is 45.0 Å². The fourth-order valence-corrected chi connectivity index (χ4v) is 3.76. The lowest BCUT2D eigenvalue weighted by Crippen LogP contribution is -2.25. The molecule has 0 saturated heterocycles. The van der Waals surface area contributed by atoms with Crippen molar-refractivity contribution in [2.45, 2.75) is 33.2 Å². The molecular formula is C22H22ClN5O. The highest BCUT2D eigenvalue weighted by Gasteiger charge is 2.29. The molecule has 3 aromatic rings. The third-order valence-corrected chi connectivity index (χ3v) is 5.20. The summed E-state index contributed by atoms with van der Waals surface area (Å²) in [7, 11) is 0. The van der Waals surface area contributed by atoms with Gasteiger partial charge in [0.15, 0.2) is 5.82 Å². The van der Waals surface area contributed by atoms with Gasteiger partial charge in [0.1, 0.15) is 11.9 Å². The molecule has 6 nitrogen and oxygen atoms in total. The van der Waals surface area contributed by atoms with E-state index in [0.717, 1.165) is 33.9 Å². The van der Waals surface area contributed by atoms with Crippen molar-refractivity contribution in [1.82, 2.24) is 20.1 Å². The average molecular weight is 408 g/mol. The Balaban J connectivity index is 1.95. The number of amides is 1. The Labute approximate surface area is 174 Å². The maximum absolute atomic E-state index is 12.4. The van der Waals surface area contributed by atoms with Crippen LogP contribution in [-0.2, 0) is 4.79 Å². The molecule has 0 radical (unpaired) electrons. The van der Waals surface area contributed by atoms with Gasteiger partial charge in [-0.1, -0.05) is 35.4 Å². The Morgan fingerprint density at radius 1 is 1.14 bits per heavy atom. The van der Waals surface area contributed by atoms with E-state index < -0.39 is 6.04 Å². The third kappa shape index (κ3) is 3.68. The average Bonchev–Trinajstić information content (AvgIpc) is 3.01. The summed E-state index contributed by atoms with van der Waals surface area (Å²) in [6, 6.07) is 13.4. The number of aryl methyl sites for hydroxylation is 2. The van der Waals surface area contributed by atoms with E-state index in [4.69, 9.17) is 16.6 Å². The summed E-state index contributed by atoms with van der Waals surface area (Å²) in [5.74, 6) is 1.37. The molecule has 1 unspecified atom stereocenters. The summed E-state index contributed by atoms with van der Waals surface area (Å²) in [5, 5.41) is 12.2. The topological polar surface area (TPSA) is 72.2 Å². The Kier molecular flexibility index (Phi) is 5.20. The number of carbonyl (C=O) groups excluding carboxylic acids is 1. The minimum absolute atomic E-state index is 0.0638. The van der Waals surface area contributed by atoms with Gasteiger partial charge in [0.25, 0.3) is 0 Å². The molecule has 1 aliphatic rings. The van der Waals surface area contributed by atoms with E-state index in [1.54, 1.807) is 0 Å². The first-order chi connectivity index (χ1) is 14.0. The summed E-state index contributed by atoms with van der Waals surface area (Å²) in [6.45, 7) is 6.44. The number of carbonyl (C=O) groups is 1. The van der Waals surface area contributed by atoms with Crippen LogP contribution in [0, 0.1) is 13.8 Å². The van der Waals surface area contributed by atoms with Crippen LogP contribution in [0.5, 0.6) is 0 Å². The number of hydrogen-bond acceptors (Lipinski definition) is 4. The lowest BCUT2D eigenvalue weighted by atomic mass is 9.98. The number of nitrogens with one attached hydrogen (secondary N) is 1. The molecule has 7 heteroatoms. The van der Waals surface area contributed by atoms with Crippen molar-refractivity contribution in [3.8, 4) is 5.69 Å². The number of aliphatic imine (C=N–C) groups is 1. The molecule has 0 aliphatic carbocycles. The zero-order valence-corrected chi connectivity index (χ0v) is 17.4. The van der Waals surface area contributed by atoms with Gasteiger partial charge < -0.3 is 5.32 Å². The van der Waals surface area contributed by atoms with Crippen LogP contribution in [0.3, 0.4) is 0 Å². The first-order valence-electron chi connectivity index (χ1n) is 9.61. The molecule has 148 valence electrons. The molecule has 4 rings (SSSR count). The van der Waals surface area contributed by atoms with E-state index in [0.29, 0.717) is 17.4 Å². The minimum Gasteiger partial charge on any atom is -0.356 e. The van der Waals surface area contributed by atoms with Gasteiger partial charge >= 0.3 is 0 Å². The number of hydrogen-bond donors (Lipinski definition) is 1. The van der Waals surface area contributed by atoms with Gasteiger partial charge in [-0.3, -0.25) is 14.4 Å². The van der Waals surface area contributed by atoms with Gasteiger partial charge in [0.2, 0.25) is 5.91 Å². The van der Waals surface area contributed by atoms with Gasteiger partial charge in [0.05, 0.1) is 17.8 Å². The number of aromatic nitrogens is 3. The van der Waals surface area contributed by atoms with Gasteiger partial charge in [-0.15, -0.1) is 10.2 Å². The van der Waals surface area contributed by atoms with Gasteiger partial charge in [-0.2, -0.15) is 0 Å². The van der Waals surface area contributed by atoms with Crippen LogP contribution in [-0.4, -0.2) is 32.9 Å². The number of fused-ring (bicyclic) bond motifs is 3. The van der Waals surface area contributed by atoms with Crippen molar-refractivity contribution >= 4 is 23.2 Å². The van der Waals surface area contributed by atoms with Gasteiger partial charge in [0, 0.05) is 22.7 Å². The van der Waals surface area contributed by atoms with Crippen molar-refractivity contribution in [1.29, 1.82) is 0 Å². The van der Waals surface area contributed by atoms with Crippen molar-refractivity contribution in [2.75, 3.05) is 6.54 Å². The monoisotopic (exact) mass is 407 g/mol. The van der Waals surface area contributed by atoms with Crippen LogP contribution in [0.1, 0.15) is 47.7 Å². The summed E-state index contributed by atoms with van der Waals surface area (Å²) in [4.78, 5) is 17.4. The second kappa shape index (κ2) is 7.79. The van der Waals surface area contributed by atoms with E-state index in [2.05, 4.69) is 40.6 Å². The molecule has 1 aromatic heterocycles. The standard InChI is InChI=1S/C22H22ClN5O/c1-4-24-20(29)12-18-22-27-26-14(3)28(22)19-10-5-13(2)11-17(19)21(25-18)15-6-8-16(23)9-7-15/h5-11,18H,4,12H2,1-3H3,(H,24,29). The van der Waals surface area contributed by atoms with E-state index in [9.17, 15) is 4.79 Å². The molecule has 2 heterocycles. The van der Waals surface area contributed by atoms with Crippen molar-refractivity contribution in [2.24, 2.45) is 4.99 Å². The second-order valence-corrected chi connectivity index (χ2v) is 7.56. The Morgan fingerprint density at radius 3 is 2.62 bits per heavy atom. The molecule has 0 spiro atoms. The molecule has 2 aromatic carbocycles. The summed E-state index contributed by atoms with van der Waals surface area (Å²) in [6.07, 6.45) is 0.204. The second-order valence-electron chi connectivity index (χ2n) is 7.12. The first kappa shape index (κ1) is 19.3. The largest absolute Gasteiger partial charge is 0.356 e. The van der Waals surface area contributed by atoms with E-state index in [1.807, 2.05) is 42.7 Å². The molecule has 0 bridgehead atoms. The number of rotatable bonds is 4. The van der Waals surface area contributed by atoms with Crippen LogP contribution in [0.2, 0.25) is 5.02 Å². The number of nitrogens with zero attached hydrogens (tertiary/aromatic N) is 4. The summed E-state index contributed by atoms with van der Waals surface area (Å²) < 4.78 is 2.01. The van der Waals surface area contributed by atoms with Crippen LogP contribution in [0.4, 0.5) is 0 Å². The Morgan fingerprint density at radius 2 is 1.90 bits per heavy atom. The molecule has 1 atom stereocenters. The molecule has 0 saturated carbocycles. The van der Waals surface area contributed by atoms with Crippen molar-refractivity contribution in [3.05, 3.63) is 75.8 Å². The lowest BCUT2D eigenvalue weighted by Gasteiger charge is -2.13. The highest BCUT2D eigenvalue weighted by Crippen LogP contribution is 2.33. The van der Waals surface area contributed by atoms with Crippen LogP contribution in [0.15, 0.2) is 47.5 Å². The molecular weight excluding hydrogens is 386 g/mol. The molecule has 1 amide bonds. The SMILES string of the molecule is CCNC(=O)CC1N=C(c2ccc(Cl)cc2)c2cc(C)ccc2-n2c(C)nnc21. The highest BCUT2D eigenvalue weighted by molar-refractivity contribution is 6.30. The zero-order valence-electron chi connectivity index (χ0n) is 16.6. The van der Waals surface area contributed by atoms with Crippen LogP contribution < -0.4 is 5.32 Å². The smallest absolute Gasteiger partial charge is 0.222 e. The Bertz CT molecular complexity index is 1100.